The smallest absolute Gasteiger partial charge is 0.0541 e. The van der Waals surface area contributed by atoms with Gasteiger partial charge in [0, 0.05) is 21.5 Å². The van der Waals surface area contributed by atoms with Crippen LogP contribution in [0.25, 0.3) is 49.7 Å². The minimum atomic E-state index is 0.743. The fourth-order valence-electron chi connectivity index (χ4n) is 4.56. The Bertz CT molecular complexity index is 1510. The zero-order valence-electron chi connectivity index (χ0n) is 17.4. The highest BCUT2D eigenvalue weighted by Crippen LogP contribution is 2.34. The second kappa shape index (κ2) is 7.71. The summed E-state index contributed by atoms with van der Waals surface area (Å²) in [5.41, 5.74) is 8.14. The van der Waals surface area contributed by atoms with Gasteiger partial charge >= 0.3 is 0 Å². The van der Waals surface area contributed by atoms with Crippen molar-refractivity contribution >= 4 is 33.4 Å². The van der Waals surface area contributed by atoms with Gasteiger partial charge in [-0.25, -0.2) is 0 Å². The van der Waals surface area contributed by atoms with Crippen LogP contribution >= 0.6 is 11.6 Å². The largest absolute Gasteiger partial charge is 0.309 e. The molecule has 0 N–H and O–H groups in total. The molecule has 0 spiro atoms. The molecule has 5 aromatic carbocycles. The van der Waals surface area contributed by atoms with Gasteiger partial charge in [0.2, 0.25) is 0 Å². The summed E-state index contributed by atoms with van der Waals surface area (Å²) in [4.78, 5) is 0. The number of hydrogen-bond acceptors (Lipinski definition) is 0. The van der Waals surface area contributed by atoms with Crippen LogP contribution in [0.15, 0.2) is 121 Å². The van der Waals surface area contributed by atoms with Gasteiger partial charge in [-0.3, -0.25) is 0 Å². The molecule has 1 aromatic heterocycles. The third-order valence-electron chi connectivity index (χ3n) is 6.04. The first kappa shape index (κ1) is 18.9. The molecule has 152 valence electrons. The maximum Gasteiger partial charge on any atom is 0.0541 e. The third kappa shape index (κ3) is 3.19. The number of halogens is 1. The summed E-state index contributed by atoms with van der Waals surface area (Å²) in [6, 6.07) is 42.5. The van der Waals surface area contributed by atoms with Gasteiger partial charge in [0.25, 0.3) is 0 Å². The lowest BCUT2D eigenvalue weighted by Crippen LogP contribution is -1.93. The van der Waals surface area contributed by atoms with Gasteiger partial charge in [0.05, 0.1) is 11.0 Å². The van der Waals surface area contributed by atoms with Crippen molar-refractivity contribution in [1.82, 2.24) is 4.57 Å². The van der Waals surface area contributed by atoms with Crippen molar-refractivity contribution in [2.24, 2.45) is 0 Å². The highest BCUT2D eigenvalue weighted by atomic mass is 35.5. The summed E-state index contributed by atoms with van der Waals surface area (Å²) in [7, 11) is 0. The lowest BCUT2D eigenvalue weighted by Gasteiger charge is -2.11. The number of hydrogen-bond donors (Lipinski definition) is 0. The standard InChI is InChI=1S/C30H20ClN/c31-25-19-23(21-8-2-1-3-9-21)18-24(20-25)22-14-16-26(17-15-22)32-29-12-6-4-10-27(29)28-11-5-7-13-30(28)32/h1-20H. The van der Waals surface area contributed by atoms with E-state index in [0.29, 0.717) is 0 Å². The quantitative estimate of drug-likeness (QED) is 0.265. The second-order valence-electron chi connectivity index (χ2n) is 8.01. The van der Waals surface area contributed by atoms with E-state index in [4.69, 9.17) is 11.6 Å². The monoisotopic (exact) mass is 429 g/mol. The molecule has 0 saturated carbocycles. The first-order valence-electron chi connectivity index (χ1n) is 10.7. The number of benzene rings is 5. The Morgan fingerprint density at radius 2 is 0.938 bits per heavy atom. The van der Waals surface area contributed by atoms with E-state index in [2.05, 4.69) is 108 Å². The van der Waals surface area contributed by atoms with Crippen molar-refractivity contribution in [3.63, 3.8) is 0 Å². The number of fused-ring (bicyclic) bond motifs is 3. The van der Waals surface area contributed by atoms with Crippen molar-refractivity contribution in [2.75, 3.05) is 0 Å². The van der Waals surface area contributed by atoms with Crippen molar-refractivity contribution in [1.29, 1.82) is 0 Å². The number of rotatable bonds is 3. The molecule has 0 aliphatic rings. The Hall–Kier alpha value is -3.81. The van der Waals surface area contributed by atoms with E-state index in [1.807, 2.05) is 18.2 Å². The SMILES string of the molecule is Clc1cc(-c2ccccc2)cc(-c2ccc(-n3c4ccccc4c4ccccc43)cc2)c1. The molecule has 0 amide bonds. The van der Waals surface area contributed by atoms with E-state index in [1.54, 1.807) is 0 Å². The van der Waals surface area contributed by atoms with Crippen LogP contribution in [0.3, 0.4) is 0 Å². The van der Waals surface area contributed by atoms with Gasteiger partial charge in [0.1, 0.15) is 0 Å². The predicted octanol–water partition coefficient (Wildman–Crippen LogP) is 8.77. The van der Waals surface area contributed by atoms with E-state index < -0.39 is 0 Å². The van der Waals surface area contributed by atoms with Crippen LogP contribution in [0.4, 0.5) is 0 Å². The first-order valence-corrected chi connectivity index (χ1v) is 11.1. The van der Waals surface area contributed by atoms with Crippen LogP contribution in [-0.4, -0.2) is 4.57 Å². The molecule has 0 saturated heterocycles. The third-order valence-corrected chi connectivity index (χ3v) is 6.26. The lowest BCUT2D eigenvalue weighted by atomic mass is 9.99. The van der Waals surface area contributed by atoms with Crippen LogP contribution in [0.1, 0.15) is 0 Å². The van der Waals surface area contributed by atoms with Gasteiger partial charge in [-0.2, -0.15) is 0 Å². The summed E-state index contributed by atoms with van der Waals surface area (Å²) in [5.74, 6) is 0. The van der Waals surface area contributed by atoms with E-state index in [1.165, 1.54) is 21.8 Å². The Labute approximate surface area is 192 Å². The molecule has 0 atom stereocenters. The maximum atomic E-state index is 6.49. The molecule has 6 rings (SSSR count). The maximum absolute atomic E-state index is 6.49. The molecular formula is C30H20ClN. The number of aromatic nitrogens is 1. The van der Waals surface area contributed by atoms with E-state index in [9.17, 15) is 0 Å². The van der Waals surface area contributed by atoms with Crippen LogP contribution < -0.4 is 0 Å². The fraction of sp³-hybridized carbons (Fsp3) is 0. The van der Waals surface area contributed by atoms with Crippen LogP contribution in [-0.2, 0) is 0 Å². The molecule has 6 aromatic rings. The molecule has 0 radical (unpaired) electrons. The van der Waals surface area contributed by atoms with E-state index in [-0.39, 0.29) is 0 Å². The van der Waals surface area contributed by atoms with Crippen molar-refractivity contribution < 1.29 is 0 Å². The Kier molecular flexibility index (Phi) is 4.56. The highest BCUT2D eigenvalue weighted by Gasteiger charge is 2.11. The van der Waals surface area contributed by atoms with Gasteiger partial charge in [0.15, 0.2) is 0 Å². The Balaban J connectivity index is 1.46. The molecule has 1 heterocycles. The first-order chi connectivity index (χ1) is 15.8. The molecule has 0 bridgehead atoms. The summed E-state index contributed by atoms with van der Waals surface area (Å²) in [6.45, 7) is 0. The second-order valence-corrected chi connectivity index (χ2v) is 8.45. The summed E-state index contributed by atoms with van der Waals surface area (Å²) in [6.07, 6.45) is 0. The molecule has 0 unspecified atom stereocenters. The summed E-state index contributed by atoms with van der Waals surface area (Å²) < 4.78 is 2.34. The molecule has 0 aliphatic carbocycles. The molecule has 1 nitrogen and oxygen atoms in total. The van der Waals surface area contributed by atoms with Gasteiger partial charge in [-0.15, -0.1) is 0 Å². The molecule has 0 aliphatic heterocycles. The van der Waals surface area contributed by atoms with Crippen LogP contribution in [0.5, 0.6) is 0 Å². The number of para-hydroxylation sites is 2. The zero-order valence-corrected chi connectivity index (χ0v) is 18.1. The van der Waals surface area contributed by atoms with Crippen molar-refractivity contribution in [3.8, 4) is 27.9 Å². The van der Waals surface area contributed by atoms with Crippen LogP contribution in [0, 0.1) is 0 Å². The van der Waals surface area contributed by atoms with Crippen LogP contribution in [0.2, 0.25) is 5.02 Å². The van der Waals surface area contributed by atoms with Crippen molar-refractivity contribution in [2.45, 2.75) is 0 Å². The number of nitrogens with zero attached hydrogens (tertiary/aromatic N) is 1. The average Bonchev–Trinajstić information content (AvgIpc) is 3.19. The fourth-order valence-corrected chi connectivity index (χ4v) is 4.79. The molecule has 2 heteroatoms. The lowest BCUT2D eigenvalue weighted by molar-refractivity contribution is 1.18. The summed E-state index contributed by atoms with van der Waals surface area (Å²) in [5, 5.41) is 3.29. The predicted molar refractivity (Wildman–Crippen MR) is 137 cm³/mol. The molecule has 0 fully saturated rings. The van der Waals surface area contributed by atoms with Crippen molar-refractivity contribution in [3.05, 3.63) is 126 Å². The zero-order chi connectivity index (χ0) is 21.5. The van der Waals surface area contributed by atoms with Gasteiger partial charge in [-0.1, -0.05) is 90.5 Å². The van der Waals surface area contributed by atoms with E-state index >= 15 is 0 Å². The average molecular weight is 430 g/mol. The molecule has 32 heavy (non-hydrogen) atoms. The topological polar surface area (TPSA) is 4.93 Å². The van der Waals surface area contributed by atoms with E-state index in [0.717, 1.165) is 33.0 Å². The summed E-state index contributed by atoms with van der Waals surface area (Å²) >= 11 is 6.49. The normalized spacial score (nSPS) is 11.3. The Morgan fingerprint density at radius 1 is 0.438 bits per heavy atom. The highest BCUT2D eigenvalue weighted by molar-refractivity contribution is 6.31. The Morgan fingerprint density at radius 3 is 1.53 bits per heavy atom. The molecular weight excluding hydrogens is 410 g/mol. The minimum Gasteiger partial charge on any atom is -0.309 e. The minimum absolute atomic E-state index is 0.743. The van der Waals surface area contributed by atoms with Gasteiger partial charge in [-0.05, 0) is 64.7 Å². The van der Waals surface area contributed by atoms with Gasteiger partial charge < -0.3 is 4.57 Å².